The molecule has 0 N–H and O–H groups in total. The lowest BCUT2D eigenvalue weighted by Gasteiger charge is -2.18. The molecule has 2 atom stereocenters. The van der Waals surface area contributed by atoms with Gasteiger partial charge in [-0.1, -0.05) is 118 Å². The average Bonchev–Trinajstić information content (AvgIpc) is 2.47. The van der Waals surface area contributed by atoms with Gasteiger partial charge in [0.1, 0.15) is 0 Å². The first-order valence-electron chi connectivity index (χ1n) is 9.74. The van der Waals surface area contributed by atoms with Gasteiger partial charge < -0.3 is 0 Å². The van der Waals surface area contributed by atoms with Crippen LogP contribution in [-0.2, 0) is 0 Å². The van der Waals surface area contributed by atoms with Crippen molar-refractivity contribution in [2.24, 2.45) is 11.8 Å². The fraction of sp³-hybridized carbons (Fsp3) is 1.00. The number of rotatable bonds is 15. The molecule has 0 radical (unpaired) electrons. The molecule has 0 amide bonds. The second-order valence-electron chi connectivity index (χ2n) is 7.01. The van der Waals surface area contributed by atoms with Gasteiger partial charge >= 0.3 is 0 Å². The molecule has 0 nitrogen and oxygen atoms in total. The third kappa shape index (κ3) is 13.0. The second kappa shape index (κ2) is 15.4. The van der Waals surface area contributed by atoms with Crippen LogP contribution in [0.25, 0.3) is 0 Å². The minimum absolute atomic E-state index is 0.938. The Morgan fingerprint density at radius 2 is 1.10 bits per heavy atom. The van der Waals surface area contributed by atoms with Crippen molar-refractivity contribution in [3.05, 3.63) is 0 Å². The van der Waals surface area contributed by atoms with Gasteiger partial charge in [0.05, 0.1) is 0 Å². The van der Waals surface area contributed by atoms with E-state index in [2.05, 4.69) is 27.7 Å². The molecule has 0 spiro atoms. The molecule has 0 aliphatic carbocycles. The average molecular weight is 283 g/mol. The van der Waals surface area contributed by atoms with Crippen LogP contribution >= 0.6 is 0 Å². The molecule has 0 fully saturated rings. The van der Waals surface area contributed by atoms with E-state index >= 15 is 0 Å². The van der Waals surface area contributed by atoms with Crippen LogP contribution in [0.5, 0.6) is 0 Å². The second-order valence-corrected chi connectivity index (χ2v) is 7.01. The first kappa shape index (κ1) is 20.0. The molecule has 0 aliphatic heterocycles. The van der Waals surface area contributed by atoms with E-state index in [1.165, 1.54) is 89.9 Å². The molecule has 122 valence electrons. The zero-order valence-electron chi connectivity index (χ0n) is 15.1. The topological polar surface area (TPSA) is 0 Å². The third-order valence-electron chi connectivity index (χ3n) is 4.95. The lowest BCUT2D eigenvalue weighted by molar-refractivity contribution is 0.346. The fourth-order valence-electron chi connectivity index (χ4n) is 3.04. The predicted octanol–water partition coefficient (Wildman–Crippen LogP) is 7.76. The minimum atomic E-state index is 0.938. The molecule has 0 saturated heterocycles. The molecule has 0 aliphatic rings. The van der Waals surface area contributed by atoms with Crippen molar-refractivity contribution in [3.63, 3.8) is 0 Å². The Bertz CT molecular complexity index is 173. The van der Waals surface area contributed by atoms with E-state index < -0.39 is 0 Å². The zero-order chi connectivity index (χ0) is 15.1. The van der Waals surface area contributed by atoms with Crippen LogP contribution in [0.15, 0.2) is 0 Å². The highest BCUT2D eigenvalue weighted by atomic mass is 14.2. The van der Waals surface area contributed by atoms with Crippen molar-refractivity contribution in [3.8, 4) is 0 Å². The van der Waals surface area contributed by atoms with Crippen molar-refractivity contribution in [2.45, 2.75) is 118 Å². The van der Waals surface area contributed by atoms with Gasteiger partial charge in [0.2, 0.25) is 0 Å². The Morgan fingerprint density at radius 3 is 1.70 bits per heavy atom. The first-order chi connectivity index (χ1) is 9.74. The Hall–Kier alpha value is 0. The molecule has 0 bridgehead atoms. The Kier molecular flexibility index (Phi) is 15.4. The number of hydrogen-bond acceptors (Lipinski definition) is 0. The number of hydrogen-bond donors (Lipinski definition) is 0. The van der Waals surface area contributed by atoms with Crippen molar-refractivity contribution >= 4 is 0 Å². The lowest BCUT2D eigenvalue weighted by Crippen LogP contribution is -2.04. The summed E-state index contributed by atoms with van der Waals surface area (Å²) in [7, 11) is 0. The highest BCUT2D eigenvalue weighted by Gasteiger charge is 2.10. The van der Waals surface area contributed by atoms with Crippen molar-refractivity contribution in [1.82, 2.24) is 0 Å². The maximum atomic E-state index is 2.42. The quantitative estimate of drug-likeness (QED) is 0.269. The molecule has 0 heteroatoms. The highest BCUT2D eigenvalue weighted by molar-refractivity contribution is 4.63. The van der Waals surface area contributed by atoms with Gasteiger partial charge in [-0.3, -0.25) is 0 Å². The van der Waals surface area contributed by atoms with Crippen LogP contribution < -0.4 is 0 Å². The summed E-state index contributed by atoms with van der Waals surface area (Å²) in [6.07, 6.45) is 20.3. The fourth-order valence-corrected chi connectivity index (χ4v) is 3.04. The molecule has 0 saturated carbocycles. The zero-order valence-corrected chi connectivity index (χ0v) is 15.1. The smallest absolute Gasteiger partial charge is 0.0414 e. The van der Waals surface area contributed by atoms with Crippen LogP contribution in [0.4, 0.5) is 0 Å². The molecule has 0 aromatic heterocycles. The van der Waals surface area contributed by atoms with Crippen LogP contribution in [0, 0.1) is 11.8 Å². The van der Waals surface area contributed by atoms with E-state index in [0.29, 0.717) is 0 Å². The van der Waals surface area contributed by atoms with E-state index in [1.807, 2.05) is 0 Å². The summed E-state index contributed by atoms with van der Waals surface area (Å²) < 4.78 is 0. The van der Waals surface area contributed by atoms with Crippen molar-refractivity contribution in [2.75, 3.05) is 0 Å². The first-order valence-corrected chi connectivity index (χ1v) is 9.74. The lowest BCUT2D eigenvalue weighted by atomic mass is 9.88. The number of unbranched alkanes of at least 4 members (excludes halogenated alkanes) is 7. The summed E-state index contributed by atoms with van der Waals surface area (Å²) in [4.78, 5) is 0. The SMILES string of the molecule is CCCCCCCCCC(CCCC)CCC(C)CC. The molecule has 0 rings (SSSR count). The maximum absolute atomic E-state index is 2.42. The van der Waals surface area contributed by atoms with Gasteiger partial charge in [-0.15, -0.1) is 0 Å². The predicted molar refractivity (Wildman–Crippen MR) is 94.3 cm³/mol. The molecular weight excluding hydrogens is 240 g/mol. The molecular formula is C20H42. The minimum Gasteiger partial charge on any atom is -0.0654 e. The molecule has 0 heterocycles. The van der Waals surface area contributed by atoms with Gasteiger partial charge in [-0.2, -0.15) is 0 Å². The molecule has 0 aromatic carbocycles. The van der Waals surface area contributed by atoms with E-state index in [-0.39, 0.29) is 0 Å². The van der Waals surface area contributed by atoms with Gasteiger partial charge in [-0.05, 0) is 11.8 Å². The summed E-state index contributed by atoms with van der Waals surface area (Å²) in [6.45, 7) is 9.39. The van der Waals surface area contributed by atoms with Crippen molar-refractivity contribution in [1.29, 1.82) is 0 Å². The Morgan fingerprint density at radius 1 is 0.550 bits per heavy atom. The van der Waals surface area contributed by atoms with Gasteiger partial charge in [0.15, 0.2) is 0 Å². The summed E-state index contributed by atoms with van der Waals surface area (Å²) >= 11 is 0. The van der Waals surface area contributed by atoms with E-state index in [4.69, 9.17) is 0 Å². The van der Waals surface area contributed by atoms with E-state index in [9.17, 15) is 0 Å². The largest absolute Gasteiger partial charge is 0.0654 e. The third-order valence-corrected chi connectivity index (χ3v) is 4.95. The highest BCUT2D eigenvalue weighted by Crippen LogP contribution is 2.25. The van der Waals surface area contributed by atoms with Crippen LogP contribution in [-0.4, -0.2) is 0 Å². The Balaban J connectivity index is 3.63. The van der Waals surface area contributed by atoms with Crippen LogP contribution in [0.2, 0.25) is 0 Å². The standard InChI is InChI=1S/C20H42/c1-5-8-10-11-12-13-14-16-20(15-9-6-2)18-17-19(4)7-3/h19-20H,5-18H2,1-4H3. The van der Waals surface area contributed by atoms with Crippen LogP contribution in [0.3, 0.4) is 0 Å². The summed E-state index contributed by atoms with van der Waals surface area (Å²) in [5.41, 5.74) is 0. The van der Waals surface area contributed by atoms with E-state index in [0.717, 1.165) is 11.8 Å². The normalized spacial score (nSPS) is 14.4. The van der Waals surface area contributed by atoms with Gasteiger partial charge in [0.25, 0.3) is 0 Å². The van der Waals surface area contributed by atoms with Crippen molar-refractivity contribution < 1.29 is 0 Å². The summed E-state index contributed by atoms with van der Waals surface area (Å²) in [6, 6.07) is 0. The van der Waals surface area contributed by atoms with Gasteiger partial charge in [-0.25, -0.2) is 0 Å². The maximum Gasteiger partial charge on any atom is -0.0414 e. The molecule has 20 heavy (non-hydrogen) atoms. The Labute approximate surface area is 130 Å². The molecule has 0 aromatic rings. The van der Waals surface area contributed by atoms with Crippen LogP contribution in [0.1, 0.15) is 118 Å². The monoisotopic (exact) mass is 282 g/mol. The molecule has 2 unspecified atom stereocenters. The van der Waals surface area contributed by atoms with Gasteiger partial charge in [0, 0.05) is 0 Å². The summed E-state index contributed by atoms with van der Waals surface area (Å²) in [5, 5.41) is 0. The van der Waals surface area contributed by atoms with E-state index in [1.54, 1.807) is 0 Å². The summed E-state index contributed by atoms with van der Waals surface area (Å²) in [5.74, 6) is 1.97.